The molecular weight excluding hydrogens is 955 g/mol. The van der Waals surface area contributed by atoms with Gasteiger partial charge in [-0.1, -0.05) is 17.3 Å². The summed E-state index contributed by atoms with van der Waals surface area (Å²) in [6.07, 6.45) is -4.69. The topological polar surface area (TPSA) is 369 Å². The van der Waals surface area contributed by atoms with Gasteiger partial charge in [0.1, 0.15) is 22.8 Å². The predicted octanol–water partition coefficient (Wildman–Crippen LogP) is -0.317. The number of aliphatic hydroxyl groups excluding tert-OH is 3. The molecule has 8 atom stereocenters. The van der Waals surface area contributed by atoms with Gasteiger partial charge in [0.05, 0.1) is 89.0 Å². The zero-order chi connectivity index (χ0) is 54.1. The number of hydrogen-bond acceptors (Lipinski definition) is 19. The molecule has 2 aliphatic carbocycles. The first-order valence-electron chi connectivity index (χ1n) is 23.9. The van der Waals surface area contributed by atoms with E-state index in [4.69, 9.17) is 19.9 Å². The summed E-state index contributed by atoms with van der Waals surface area (Å²) in [4.78, 5) is 84.0. The van der Waals surface area contributed by atoms with Crippen LogP contribution in [-0.2, 0) is 41.6 Å². The van der Waals surface area contributed by atoms with Crippen LogP contribution < -0.4 is 31.8 Å². The number of nitrogens with zero attached hydrogens (tertiary/aromatic N) is 4. The Hall–Kier alpha value is -6.41. The van der Waals surface area contributed by atoms with Crippen molar-refractivity contribution in [3.63, 3.8) is 0 Å². The van der Waals surface area contributed by atoms with Gasteiger partial charge in [-0.2, -0.15) is 5.10 Å². The third-order valence-electron chi connectivity index (χ3n) is 14.7. The number of carbonyl (C=O) groups excluding carboxylic acids is 6. The first-order chi connectivity index (χ1) is 34.2. The van der Waals surface area contributed by atoms with Crippen molar-refractivity contribution in [3.8, 4) is 17.2 Å². The van der Waals surface area contributed by atoms with Gasteiger partial charge in [-0.25, -0.2) is 5.43 Å². The van der Waals surface area contributed by atoms with E-state index in [1.807, 2.05) is 0 Å². The number of methoxy groups -OCH3 is 1. The van der Waals surface area contributed by atoms with Gasteiger partial charge in [-0.05, 0) is 67.9 Å². The van der Waals surface area contributed by atoms with Gasteiger partial charge in [-0.15, -0.1) is 5.10 Å². The number of benzene rings is 2. The molecular formula is C49H67N9O15. The molecule has 73 heavy (non-hydrogen) atoms. The van der Waals surface area contributed by atoms with Crippen molar-refractivity contribution in [2.45, 2.75) is 130 Å². The molecule has 24 nitrogen and oxygen atoms in total. The zero-order valence-corrected chi connectivity index (χ0v) is 42.4. The molecule has 2 heterocycles. The van der Waals surface area contributed by atoms with Gasteiger partial charge in [0.15, 0.2) is 12.1 Å². The number of aromatic nitrogens is 3. The number of nitrogens with two attached hydrogens (primary N) is 1. The molecule has 0 spiro atoms. The molecule has 3 aliphatic rings. The van der Waals surface area contributed by atoms with Crippen LogP contribution in [0.25, 0.3) is 0 Å². The molecule has 2 unspecified atom stereocenters. The van der Waals surface area contributed by atoms with Gasteiger partial charge in [-0.3, -0.25) is 33.4 Å². The molecule has 1 fully saturated rings. The number of fused-ring (bicyclic) bond motifs is 3. The maximum atomic E-state index is 14.2. The smallest absolute Gasteiger partial charge is 0.259 e. The summed E-state index contributed by atoms with van der Waals surface area (Å²) in [6.45, 7) is 10.7. The fraction of sp³-hybridized carbons (Fsp3) is 0.571. The molecule has 4 amide bonds. The minimum atomic E-state index is -2.34. The van der Waals surface area contributed by atoms with Crippen LogP contribution in [0.1, 0.15) is 122 Å². The van der Waals surface area contributed by atoms with Gasteiger partial charge in [0.25, 0.3) is 5.91 Å². The number of phenolic OH excluding ortho intramolecular Hbond substituents is 2. The summed E-state index contributed by atoms with van der Waals surface area (Å²) >= 11 is 0. The summed E-state index contributed by atoms with van der Waals surface area (Å²) < 4.78 is 19.2. The van der Waals surface area contributed by atoms with Gasteiger partial charge >= 0.3 is 0 Å². The zero-order valence-electron chi connectivity index (χ0n) is 42.4. The number of aliphatic hydroxyl groups is 4. The average molecular weight is 1020 g/mol. The molecule has 0 radical (unpaired) electrons. The molecule has 1 saturated heterocycles. The third-order valence-corrected chi connectivity index (χ3v) is 14.7. The quantitative estimate of drug-likeness (QED) is 0.0248. The summed E-state index contributed by atoms with van der Waals surface area (Å²) in [5.74, 6) is -6.31. The van der Waals surface area contributed by atoms with Crippen molar-refractivity contribution in [3.05, 3.63) is 63.5 Å². The van der Waals surface area contributed by atoms with Crippen LogP contribution in [-0.4, -0.2) is 156 Å². The van der Waals surface area contributed by atoms with Crippen LogP contribution in [0.4, 0.5) is 0 Å². The second-order valence-corrected chi connectivity index (χ2v) is 20.2. The average Bonchev–Trinajstić information content (AvgIpc) is 3.76. The molecule has 12 N–H and O–H groups in total. The van der Waals surface area contributed by atoms with Crippen LogP contribution in [0.15, 0.2) is 29.5 Å². The Morgan fingerprint density at radius 1 is 1.00 bits per heavy atom. The molecule has 24 heteroatoms. The van der Waals surface area contributed by atoms with E-state index >= 15 is 0 Å². The lowest BCUT2D eigenvalue weighted by Gasteiger charge is -2.50. The lowest BCUT2D eigenvalue weighted by atomic mass is 9.52. The molecule has 2 aromatic carbocycles. The van der Waals surface area contributed by atoms with Crippen molar-refractivity contribution >= 4 is 40.9 Å². The summed E-state index contributed by atoms with van der Waals surface area (Å²) in [5, 5.41) is 87.5. The minimum Gasteiger partial charge on any atom is -0.507 e. The largest absolute Gasteiger partial charge is 0.507 e. The predicted molar refractivity (Wildman–Crippen MR) is 258 cm³/mol. The number of aryl methyl sites for hydroxylation is 2. The van der Waals surface area contributed by atoms with E-state index in [0.717, 1.165) is 5.69 Å². The lowest BCUT2D eigenvalue weighted by Crippen LogP contribution is -2.65. The number of ketones is 2. The first kappa shape index (κ1) is 55.9. The Labute approximate surface area is 421 Å². The monoisotopic (exact) mass is 1020 g/mol. The number of ether oxygens (including phenoxy) is 3. The number of nitrogens with one attached hydrogen (secondary N) is 4. The number of amides is 4. The maximum absolute atomic E-state index is 14.2. The van der Waals surface area contributed by atoms with E-state index in [0.29, 0.717) is 13.0 Å². The van der Waals surface area contributed by atoms with Crippen molar-refractivity contribution < 1.29 is 73.6 Å². The number of rotatable bonds is 19. The van der Waals surface area contributed by atoms with Gasteiger partial charge < -0.3 is 66.5 Å². The highest BCUT2D eigenvalue weighted by molar-refractivity contribution is 6.31. The number of phenols is 2. The molecule has 1 aromatic heterocycles. The highest BCUT2D eigenvalue weighted by Gasteiger charge is 2.62. The van der Waals surface area contributed by atoms with Crippen molar-refractivity contribution in [1.82, 2.24) is 36.4 Å². The van der Waals surface area contributed by atoms with Crippen LogP contribution in [0.2, 0.25) is 0 Å². The Bertz CT molecular complexity index is 2670. The second kappa shape index (κ2) is 21.6. The molecule has 0 saturated carbocycles. The SMILES string of the molecule is COc1cccc2c1C(=O)c1c(O)c3c(c(O)c1C2=O)C[C@@](O)(C(CO)=NNC(=O)CNC(=O)C(C)(C)C(C)(C(=O)NCC(C)O)C(C)(C)C(=O)NCCCn1cc(C)nn1)C[C@@H]3O[C@H]1C[C@H](N)[C@@H](O)[C@H](C)O1. The molecule has 398 valence electrons. The number of hydrogen-bond donors (Lipinski definition) is 11. The van der Waals surface area contributed by atoms with Crippen molar-refractivity contribution in [2.75, 3.05) is 33.4 Å². The Balaban J connectivity index is 1.25. The normalized spacial score (nSPS) is 23.3. The van der Waals surface area contributed by atoms with E-state index in [2.05, 4.69) is 36.8 Å². The highest BCUT2D eigenvalue weighted by Crippen LogP contribution is 2.54. The fourth-order valence-corrected chi connectivity index (χ4v) is 9.84. The van der Waals surface area contributed by atoms with E-state index in [1.165, 1.54) is 66.9 Å². The lowest BCUT2D eigenvalue weighted by molar-refractivity contribution is -0.245. The van der Waals surface area contributed by atoms with Crippen LogP contribution in [0.3, 0.4) is 0 Å². The van der Waals surface area contributed by atoms with Crippen molar-refractivity contribution in [2.24, 2.45) is 27.1 Å². The van der Waals surface area contributed by atoms with Crippen LogP contribution in [0, 0.1) is 23.2 Å². The van der Waals surface area contributed by atoms with Crippen LogP contribution in [0.5, 0.6) is 17.2 Å². The van der Waals surface area contributed by atoms with Gasteiger partial charge in [0, 0.05) is 67.8 Å². The Kier molecular flexibility index (Phi) is 16.5. The first-order valence-corrected chi connectivity index (χ1v) is 23.9. The van der Waals surface area contributed by atoms with E-state index in [9.17, 15) is 59.4 Å². The van der Waals surface area contributed by atoms with Crippen LogP contribution >= 0.6 is 0 Å². The molecule has 6 rings (SSSR count). The number of aromatic hydroxyl groups is 2. The second-order valence-electron chi connectivity index (χ2n) is 20.2. The van der Waals surface area contributed by atoms with Crippen molar-refractivity contribution in [1.29, 1.82) is 0 Å². The Morgan fingerprint density at radius 2 is 1.66 bits per heavy atom. The van der Waals surface area contributed by atoms with E-state index in [1.54, 1.807) is 24.7 Å². The summed E-state index contributed by atoms with van der Waals surface area (Å²) in [5.41, 5.74) is -0.788. The number of hydrazone groups is 1. The number of carbonyl (C=O) groups is 6. The van der Waals surface area contributed by atoms with E-state index < -0.39 is 148 Å². The fourth-order valence-electron chi connectivity index (χ4n) is 9.84. The highest BCUT2D eigenvalue weighted by atomic mass is 16.7. The summed E-state index contributed by atoms with van der Waals surface area (Å²) in [7, 11) is 1.29. The van der Waals surface area contributed by atoms with E-state index in [-0.39, 0.29) is 47.5 Å². The standard InChI is InChI=1S/C49H67N9O15/c1-23-21-58(57-54-23)15-11-14-51-43(67)46(4,5)48(8,45(69)52-19-24(2)60)47(6,7)44(68)53-20-32(61)56-55-31(22-59)49(70)17-27-35(30(18-49)73-33-16-28(50)38(62)25(3)72-33)42(66)37-36(40(27)64)39(63)26-12-10-13-29(71-9)34(26)41(37)65/h10,12-13,21,24-25,28,30,33,38,59-60,62,64,66,70H,11,14-20,22,50H2,1-9H3,(H,51,67)(H,52,69)(H,53,68)(H,56,61)/t24?,25-,28-,30-,33-,38-,48?,49-/m0/s1. The Morgan fingerprint density at radius 3 is 2.26 bits per heavy atom. The molecule has 1 aliphatic heterocycles. The minimum absolute atomic E-state index is 0.0346. The van der Waals surface area contributed by atoms with Gasteiger partial charge in [0.2, 0.25) is 23.5 Å². The summed E-state index contributed by atoms with van der Waals surface area (Å²) in [6, 6.07) is 3.42. The molecule has 0 bridgehead atoms. The molecule has 3 aromatic rings. The maximum Gasteiger partial charge on any atom is 0.259 e. The third kappa shape index (κ3) is 10.5.